The number of nitrogens with zero attached hydrogens (tertiary/aromatic N) is 1. The second kappa shape index (κ2) is 8.91. The summed E-state index contributed by atoms with van der Waals surface area (Å²) in [6.07, 6.45) is 2.06. The Balaban J connectivity index is 1.43. The third-order valence-corrected chi connectivity index (χ3v) is 9.15. The smallest absolute Gasteiger partial charge is 0.238 e. The second-order valence-corrected chi connectivity index (χ2v) is 11.2. The zero-order chi connectivity index (χ0) is 28.6. The average molecular weight is 555 g/mol. The Bertz CT molecular complexity index is 1850. The van der Waals surface area contributed by atoms with Crippen LogP contribution in [0.4, 0.5) is 11.4 Å². The van der Waals surface area contributed by atoms with E-state index in [9.17, 15) is 14.4 Å². The maximum absolute atomic E-state index is 15.0. The summed E-state index contributed by atoms with van der Waals surface area (Å²) < 4.78 is 11.1. The van der Waals surface area contributed by atoms with Gasteiger partial charge in [0.15, 0.2) is 23.1 Å². The van der Waals surface area contributed by atoms with Crippen molar-refractivity contribution in [1.29, 1.82) is 0 Å². The van der Waals surface area contributed by atoms with Gasteiger partial charge in [-0.25, -0.2) is 0 Å². The lowest BCUT2D eigenvalue weighted by Gasteiger charge is -2.39. The van der Waals surface area contributed by atoms with E-state index in [-0.39, 0.29) is 24.3 Å². The van der Waals surface area contributed by atoms with Gasteiger partial charge in [0.1, 0.15) is 11.5 Å². The lowest BCUT2D eigenvalue weighted by atomic mass is 9.64. The van der Waals surface area contributed by atoms with E-state index in [1.165, 1.54) is 0 Å². The Morgan fingerprint density at radius 3 is 2.43 bits per heavy atom. The zero-order valence-electron chi connectivity index (χ0n) is 22.7. The molecule has 4 aliphatic rings. The molecular weight excluding hydrogens is 528 g/mol. The van der Waals surface area contributed by atoms with E-state index in [4.69, 9.17) is 9.47 Å². The molecule has 7 nitrogen and oxygen atoms in total. The van der Waals surface area contributed by atoms with Gasteiger partial charge in [0.2, 0.25) is 12.7 Å². The first-order valence-corrected chi connectivity index (χ1v) is 14.0. The molecule has 0 aromatic heterocycles. The van der Waals surface area contributed by atoms with E-state index >= 15 is 0 Å². The molecule has 1 N–H and O–H groups in total. The number of Topliss-reactive ketones (excluding diaryl/α,β-unsaturated/α-hetero) is 2. The minimum atomic E-state index is -1.37. The molecule has 1 saturated heterocycles. The van der Waals surface area contributed by atoms with Gasteiger partial charge in [-0.05, 0) is 48.4 Å². The fourth-order valence-corrected chi connectivity index (χ4v) is 7.39. The highest BCUT2D eigenvalue weighted by molar-refractivity contribution is 6.18. The molecule has 0 unspecified atom stereocenters. The van der Waals surface area contributed by atoms with Crippen LogP contribution < -0.4 is 19.7 Å². The van der Waals surface area contributed by atoms with E-state index in [0.717, 1.165) is 22.4 Å². The van der Waals surface area contributed by atoms with E-state index in [1.54, 1.807) is 30.3 Å². The number of para-hydroxylation sites is 2. The molecule has 4 heterocycles. The summed E-state index contributed by atoms with van der Waals surface area (Å²) in [5, 5.41) is 3.08. The van der Waals surface area contributed by atoms with Crippen LogP contribution in [-0.4, -0.2) is 36.4 Å². The minimum absolute atomic E-state index is 0.0714. The Hall–Kier alpha value is -5.17. The van der Waals surface area contributed by atoms with Crippen LogP contribution in [0.3, 0.4) is 0 Å². The third-order valence-electron chi connectivity index (χ3n) is 9.15. The number of rotatable bonds is 4. The highest BCUT2D eigenvalue weighted by atomic mass is 16.7. The largest absolute Gasteiger partial charge is 0.454 e. The first-order valence-electron chi connectivity index (χ1n) is 14.0. The molecule has 0 aliphatic carbocycles. The number of amides is 1. The maximum atomic E-state index is 15.0. The molecule has 4 aromatic rings. The number of carbonyl (C=O) groups excluding carboxylic acids is 3. The summed E-state index contributed by atoms with van der Waals surface area (Å²) in [6, 6.07) is 27.9. The van der Waals surface area contributed by atoms with E-state index in [1.807, 2.05) is 78.6 Å². The number of allylic oxidation sites excluding steroid dienone is 1. The fourth-order valence-electron chi connectivity index (χ4n) is 7.39. The topological polar surface area (TPSA) is 84.9 Å². The lowest BCUT2D eigenvalue weighted by molar-refractivity contribution is -0.121. The van der Waals surface area contributed by atoms with Crippen LogP contribution in [0.15, 0.2) is 103 Å². The fraction of sp³-hybridized carbons (Fsp3) is 0.171. The highest BCUT2D eigenvalue weighted by Gasteiger charge is 2.70. The standard InChI is InChI=1S/C35H26N2O5/c1-20-17-29-35(24-12-6-7-13-25(24)36-34(35)40)30(32(38)22-15-16-27-28(18-22)42-19-41-27)31(33(39)21-9-3-2-4-10-21)37(29)26-14-8-5-11-23(20)26/h2-18,29-31H,19H2,1H3,(H,36,40)/t29-,30-,31+,35-/m0/s1. The predicted octanol–water partition coefficient (Wildman–Crippen LogP) is 5.66. The molecule has 4 aromatic carbocycles. The molecule has 0 saturated carbocycles. The number of nitrogens with one attached hydrogen (secondary N) is 1. The number of fused-ring (bicyclic) bond motifs is 7. The summed E-state index contributed by atoms with van der Waals surface area (Å²) in [5.74, 6) is -0.824. The van der Waals surface area contributed by atoms with Crippen molar-refractivity contribution in [3.8, 4) is 11.5 Å². The normalized spacial score (nSPS) is 24.5. The quantitative estimate of drug-likeness (QED) is 0.328. The number of ether oxygens (including phenoxy) is 2. The first-order chi connectivity index (χ1) is 20.5. The van der Waals surface area contributed by atoms with Crippen molar-refractivity contribution >= 4 is 34.4 Å². The molecular formula is C35H26N2O5. The van der Waals surface area contributed by atoms with Crippen molar-refractivity contribution < 1.29 is 23.9 Å². The van der Waals surface area contributed by atoms with E-state index in [2.05, 4.69) is 11.4 Å². The molecule has 0 bridgehead atoms. The average Bonchev–Trinajstić information content (AvgIpc) is 3.70. The van der Waals surface area contributed by atoms with Crippen LogP contribution in [-0.2, 0) is 10.2 Å². The lowest BCUT2D eigenvalue weighted by Crippen LogP contribution is -2.51. The SMILES string of the molecule is CC1=C[C@@H]2N(c3ccccc31)[C@@H](C(=O)c1ccccc1)[C@@H](C(=O)c1ccc3c(c1)OCO3)[C@@]21C(=O)Nc2ccccc21. The van der Waals surface area contributed by atoms with Gasteiger partial charge in [0.05, 0.1) is 12.0 Å². The summed E-state index contributed by atoms with van der Waals surface area (Å²) in [5.41, 5.74) is 3.64. The molecule has 1 amide bonds. The van der Waals surface area contributed by atoms with Crippen LogP contribution in [0, 0.1) is 5.92 Å². The van der Waals surface area contributed by atoms with Gasteiger partial charge < -0.3 is 19.7 Å². The molecule has 4 aliphatic heterocycles. The summed E-state index contributed by atoms with van der Waals surface area (Å²) in [4.78, 5) is 46.2. The van der Waals surface area contributed by atoms with Crippen LogP contribution in [0.2, 0.25) is 0 Å². The third kappa shape index (κ3) is 3.19. The van der Waals surface area contributed by atoms with Gasteiger partial charge in [0, 0.05) is 28.1 Å². The molecule has 42 heavy (non-hydrogen) atoms. The number of benzene rings is 4. The van der Waals surface area contributed by atoms with Gasteiger partial charge >= 0.3 is 0 Å². The predicted molar refractivity (Wildman–Crippen MR) is 158 cm³/mol. The number of anilines is 2. The molecule has 1 fully saturated rings. The highest BCUT2D eigenvalue weighted by Crippen LogP contribution is 2.59. The van der Waals surface area contributed by atoms with Crippen molar-refractivity contribution in [1.82, 2.24) is 0 Å². The molecule has 4 atom stereocenters. The Kier molecular flexibility index (Phi) is 5.22. The second-order valence-electron chi connectivity index (χ2n) is 11.2. The Labute approximate surface area is 242 Å². The maximum Gasteiger partial charge on any atom is 0.238 e. The Morgan fingerprint density at radius 2 is 1.57 bits per heavy atom. The molecule has 7 heteroatoms. The van der Waals surface area contributed by atoms with Gasteiger partial charge in [-0.1, -0.05) is 72.8 Å². The van der Waals surface area contributed by atoms with Crippen LogP contribution in [0.5, 0.6) is 11.5 Å². The number of hydrogen-bond acceptors (Lipinski definition) is 6. The number of hydrogen-bond donors (Lipinski definition) is 1. The number of carbonyl (C=O) groups is 3. The van der Waals surface area contributed by atoms with Crippen molar-refractivity contribution in [3.63, 3.8) is 0 Å². The van der Waals surface area contributed by atoms with E-state index < -0.39 is 23.4 Å². The molecule has 8 rings (SSSR count). The van der Waals surface area contributed by atoms with Crippen molar-refractivity contribution in [2.24, 2.45) is 5.92 Å². The molecule has 0 radical (unpaired) electrons. The summed E-state index contributed by atoms with van der Waals surface area (Å²) in [7, 11) is 0. The minimum Gasteiger partial charge on any atom is -0.454 e. The summed E-state index contributed by atoms with van der Waals surface area (Å²) >= 11 is 0. The van der Waals surface area contributed by atoms with Crippen LogP contribution >= 0.6 is 0 Å². The molecule has 206 valence electrons. The van der Waals surface area contributed by atoms with Gasteiger partial charge in [-0.2, -0.15) is 0 Å². The Morgan fingerprint density at radius 1 is 0.833 bits per heavy atom. The monoisotopic (exact) mass is 554 g/mol. The van der Waals surface area contributed by atoms with Crippen molar-refractivity contribution in [2.75, 3.05) is 17.0 Å². The van der Waals surface area contributed by atoms with Crippen molar-refractivity contribution in [2.45, 2.75) is 24.4 Å². The van der Waals surface area contributed by atoms with Crippen LogP contribution in [0.1, 0.15) is 38.8 Å². The van der Waals surface area contributed by atoms with Gasteiger partial charge in [-0.3, -0.25) is 14.4 Å². The van der Waals surface area contributed by atoms with Crippen molar-refractivity contribution in [3.05, 3.63) is 125 Å². The summed E-state index contributed by atoms with van der Waals surface area (Å²) in [6.45, 7) is 2.09. The molecule has 1 spiro atoms. The van der Waals surface area contributed by atoms with Crippen LogP contribution in [0.25, 0.3) is 5.57 Å². The number of ketones is 2. The zero-order valence-corrected chi connectivity index (χ0v) is 22.7. The van der Waals surface area contributed by atoms with Gasteiger partial charge in [0.25, 0.3) is 0 Å². The van der Waals surface area contributed by atoms with E-state index in [0.29, 0.717) is 28.3 Å². The first kappa shape index (κ1) is 24.6. The van der Waals surface area contributed by atoms with Gasteiger partial charge in [-0.15, -0.1) is 0 Å².